The topological polar surface area (TPSA) is 20.3 Å². The maximum Gasteiger partial charge on any atom is 0.223 e. The zero-order valence-electron chi connectivity index (χ0n) is 7.92. The van der Waals surface area contributed by atoms with Gasteiger partial charge in [0, 0.05) is 19.0 Å². The third kappa shape index (κ3) is 2.10. The molecule has 1 amide bonds. The molecular weight excluding hydrogens is 150 g/mol. The fourth-order valence-electron chi connectivity index (χ4n) is 1.51. The molecule has 0 aromatic carbocycles. The summed E-state index contributed by atoms with van der Waals surface area (Å²) in [6.07, 6.45) is 7.01. The average molecular weight is 167 g/mol. The molecule has 1 fully saturated rings. The number of hydrogen-bond donors (Lipinski definition) is 0. The zero-order valence-corrected chi connectivity index (χ0v) is 7.92. The second-order valence-corrected chi connectivity index (χ2v) is 3.31. The Bertz CT molecular complexity index is 186. The van der Waals surface area contributed by atoms with Crippen LogP contribution in [-0.2, 0) is 4.79 Å². The average Bonchev–Trinajstić information content (AvgIpc) is 2.35. The Labute approximate surface area is 74.2 Å². The molecule has 0 spiro atoms. The molecule has 1 rings (SSSR count). The molecule has 0 N–H and O–H groups in total. The summed E-state index contributed by atoms with van der Waals surface area (Å²) >= 11 is 0. The molecule has 1 aliphatic rings. The molecule has 1 atom stereocenters. The molecule has 12 heavy (non-hydrogen) atoms. The maximum absolute atomic E-state index is 11.3. The highest BCUT2D eigenvalue weighted by atomic mass is 16.2. The van der Waals surface area contributed by atoms with E-state index in [1.54, 1.807) is 0 Å². The summed E-state index contributed by atoms with van der Waals surface area (Å²) in [5, 5.41) is 0. The Balaban J connectivity index is 2.39. The van der Waals surface area contributed by atoms with E-state index in [-0.39, 0.29) is 0 Å². The number of nitrogens with zero attached hydrogens (tertiary/aromatic N) is 1. The minimum atomic E-state index is 0.309. The van der Waals surface area contributed by atoms with Crippen LogP contribution in [0.3, 0.4) is 0 Å². The third-order valence-electron chi connectivity index (χ3n) is 2.33. The molecule has 0 aromatic rings. The lowest BCUT2D eigenvalue weighted by molar-refractivity contribution is -0.128. The van der Waals surface area contributed by atoms with E-state index in [1.165, 1.54) is 0 Å². The van der Waals surface area contributed by atoms with Crippen molar-refractivity contribution < 1.29 is 4.79 Å². The molecule has 0 radical (unpaired) electrons. The molecular formula is C10H17NO. The Hall–Kier alpha value is -0.790. The largest absolute Gasteiger partial charge is 0.336 e. The van der Waals surface area contributed by atoms with Crippen molar-refractivity contribution in [1.29, 1.82) is 0 Å². The molecule has 1 aliphatic heterocycles. The van der Waals surface area contributed by atoms with Crippen LogP contribution in [-0.4, -0.2) is 23.4 Å². The van der Waals surface area contributed by atoms with E-state index in [0.717, 1.165) is 25.8 Å². The standard InChI is InChI=1S/C10H17NO/c1-3-4-5-8-11-9(2)6-7-10(11)12/h4-5,9H,3,6-8H2,1-2H3/b5-4+. The van der Waals surface area contributed by atoms with Crippen LogP contribution in [0.5, 0.6) is 0 Å². The number of likely N-dealkylation sites (tertiary alicyclic amines) is 1. The SMILES string of the molecule is CC/C=C/CN1C(=O)CCC1C. The highest BCUT2D eigenvalue weighted by Crippen LogP contribution is 2.17. The first kappa shape index (κ1) is 9.30. The van der Waals surface area contributed by atoms with Gasteiger partial charge < -0.3 is 4.90 Å². The van der Waals surface area contributed by atoms with Gasteiger partial charge in [-0.1, -0.05) is 19.1 Å². The van der Waals surface area contributed by atoms with Crippen LogP contribution in [0.25, 0.3) is 0 Å². The van der Waals surface area contributed by atoms with Crippen LogP contribution < -0.4 is 0 Å². The van der Waals surface area contributed by atoms with Crippen molar-refractivity contribution in [3.05, 3.63) is 12.2 Å². The fraction of sp³-hybridized carbons (Fsp3) is 0.700. The Kier molecular flexibility index (Phi) is 3.32. The van der Waals surface area contributed by atoms with Gasteiger partial charge in [-0.25, -0.2) is 0 Å². The van der Waals surface area contributed by atoms with Crippen molar-refractivity contribution in [2.45, 2.75) is 39.2 Å². The predicted octanol–water partition coefficient (Wildman–Crippen LogP) is 1.96. The van der Waals surface area contributed by atoms with E-state index < -0.39 is 0 Å². The summed E-state index contributed by atoms with van der Waals surface area (Å²) in [5.41, 5.74) is 0. The second kappa shape index (κ2) is 4.29. The normalized spacial score (nSPS) is 24.3. The van der Waals surface area contributed by atoms with Gasteiger partial charge in [0.2, 0.25) is 5.91 Å². The lowest BCUT2D eigenvalue weighted by Gasteiger charge is -2.19. The molecule has 2 heteroatoms. The van der Waals surface area contributed by atoms with Crippen LogP contribution in [0.1, 0.15) is 33.1 Å². The van der Waals surface area contributed by atoms with Crippen LogP contribution in [0.4, 0.5) is 0 Å². The van der Waals surface area contributed by atoms with Gasteiger partial charge in [-0.15, -0.1) is 0 Å². The highest BCUT2D eigenvalue weighted by Gasteiger charge is 2.25. The Morgan fingerprint density at radius 2 is 2.33 bits per heavy atom. The van der Waals surface area contributed by atoms with E-state index in [4.69, 9.17) is 0 Å². The van der Waals surface area contributed by atoms with Crippen LogP contribution >= 0.6 is 0 Å². The lowest BCUT2D eigenvalue weighted by Crippen LogP contribution is -2.30. The first-order chi connectivity index (χ1) is 5.75. The van der Waals surface area contributed by atoms with E-state index in [0.29, 0.717) is 11.9 Å². The number of carbonyl (C=O) groups is 1. The van der Waals surface area contributed by atoms with Crippen molar-refractivity contribution >= 4 is 5.91 Å². The van der Waals surface area contributed by atoms with Crippen molar-refractivity contribution in [3.63, 3.8) is 0 Å². The molecule has 1 unspecified atom stereocenters. The lowest BCUT2D eigenvalue weighted by atomic mass is 10.2. The number of carbonyl (C=O) groups excluding carboxylic acids is 1. The summed E-state index contributed by atoms with van der Waals surface area (Å²) in [6.45, 7) is 5.02. The smallest absolute Gasteiger partial charge is 0.223 e. The van der Waals surface area contributed by atoms with Crippen LogP contribution in [0, 0.1) is 0 Å². The van der Waals surface area contributed by atoms with Gasteiger partial charge >= 0.3 is 0 Å². The number of allylic oxidation sites excluding steroid dienone is 1. The molecule has 1 heterocycles. The van der Waals surface area contributed by atoms with E-state index >= 15 is 0 Å². The fourth-order valence-corrected chi connectivity index (χ4v) is 1.51. The van der Waals surface area contributed by atoms with Gasteiger partial charge in [0.05, 0.1) is 0 Å². The Morgan fingerprint density at radius 1 is 1.58 bits per heavy atom. The minimum Gasteiger partial charge on any atom is -0.336 e. The van der Waals surface area contributed by atoms with Crippen molar-refractivity contribution in [1.82, 2.24) is 4.90 Å². The molecule has 0 aliphatic carbocycles. The van der Waals surface area contributed by atoms with Crippen molar-refractivity contribution in [2.75, 3.05) is 6.54 Å². The van der Waals surface area contributed by atoms with E-state index in [2.05, 4.69) is 26.0 Å². The first-order valence-corrected chi connectivity index (χ1v) is 4.70. The van der Waals surface area contributed by atoms with Crippen molar-refractivity contribution in [2.24, 2.45) is 0 Å². The quantitative estimate of drug-likeness (QED) is 0.588. The predicted molar refractivity (Wildman–Crippen MR) is 49.8 cm³/mol. The van der Waals surface area contributed by atoms with Crippen LogP contribution in [0.2, 0.25) is 0 Å². The monoisotopic (exact) mass is 167 g/mol. The molecule has 0 aromatic heterocycles. The maximum atomic E-state index is 11.3. The van der Waals surface area contributed by atoms with Gasteiger partial charge in [-0.2, -0.15) is 0 Å². The summed E-state index contributed by atoms with van der Waals surface area (Å²) in [4.78, 5) is 13.2. The summed E-state index contributed by atoms with van der Waals surface area (Å²) in [6, 6.07) is 0.444. The molecule has 0 saturated carbocycles. The molecule has 68 valence electrons. The van der Waals surface area contributed by atoms with Crippen molar-refractivity contribution in [3.8, 4) is 0 Å². The molecule has 1 saturated heterocycles. The summed E-state index contributed by atoms with van der Waals surface area (Å²) in [5.74, 6) is 0.309. The molecule has 2 nitrogen and oxygen atoms in total. The van der Waals surface area contributed by atoms with Crippen LogP contribution in [0.15, 0.2) is 12.2 Å². The number of hydrogen-bond acceptors (Lipinski definition) is 1. The zero-order chi connectivity index (χ0) is 8.97. The minimum absolute atomic E-state index is 0.309. The van der Waals surface area contributed by atoms with Gasteiger partial charge in [-0.3, -0.25) is 4.79 Å². The van der Waals surface area contributed by atoms with E-state index in [1.807, 2.05) is 4.90 Å². The van der Waals surface area contributed by atoms with Gasteiger partial charge in [0.1, 0.15) is 0 Å². The molecule has 0 bridgehead atoms. The highest BCUT2D eigenvalue weighted by molar-refractivity contribution is 5.78. The second-order valence-electron chi connectivity index (χ2n) is 3.31. The Morgan fingerprint density at radius 3 is 2.83 bits per heavy atom. The number of rotatable bonds is 3. The summed E-state index contributed by atoms with van der Waals surface area (Å²) < 4.78 is 0. The first-order valence-electron chi connectivity index (χ1n) is 4.70. The van der Waals surface area contributed by atoms with Gasteiger partial charge in [0.15, 0.2) is 0 Å². The van der Waals surface area contributed by atoms with E-state index in [9.17, 15) is 4.79 Å². The summed E-state index contributed by atoms with van der Waals surface area (Å²) in [7, 11) is 0. The van der Waals surface area contributed by atoms with Gasteiger partial charge in [-0.05, 0) is 19.8 Å². The third-order valence-corrected chi connectivity index (χ3v) is 2.33. The number of amides is 1. The van der Waals surface area contributed by atoms with Gasteiger partial charge in [0.25, 0.3) is 0 Å².